The smallest absolute Gasteiger partial charge is 0.268 e. The van der Waals surface area contributed by atoms with Gasteiger partial charge >= 0.3 is 0 Å². The molecular weight excluding hydrogens is 374 g/mol. The molecule has 1 aromatic carbocycles. The first kappa shape index (κ1) is 17.3. The average molecular weight is 391 g/mol. The third-order valence-electron chi connectivity index (χ3n) is 4.13. The van der Waals surface area contributed by atoms with Gasteiger partial charge in [-0.2, -0.15) is 9.29 Å². The summed E-state index contributed by atoms with van der Waals surface area (Å²) in [5, 5.41) is 4.00. The Morgan fingerprint density at radius 1 is 1.15 bits per heavy atom. The number of hydrogen-bond acceptors (Lipinski definition) is 7. The van der Waals surface area contributed by atoms with E-state index in [0.717, 1.165) is 5.56 Å². The first-order valence-corrected chi connectivity index (χ1v) is 10.4. The monoisotopic (exact) mass is 391 g/mol. The predicted octanol–water partition coefficient (Wildman–Crippen LogP) is 2.79. The van der Waals surface area contributed by atoms with E-state index >= 15 is 0 Å². The number of nitrogens with zero attached hydrogens (tertiary/aromatic N) is 3. The van der Waals surface area contributed by atoms with Crippen molar-refractivity contribution in [3.8, 4) is 22.2 Å². The summed E-state index contributed by atoms with van der Waals surface area (Å²) in [7, 11) is -3.55. The van der Waals surface area contributed by atoms with Crippen LogP contribution in [-0.2, 0) is 14.8 Å². The molecule has 0 bridgehead atoms. The second-order valence-corrected chi connectivity index (χ2v) is 9.00. The maximum atomic E-state index is 12.9. The summed E-state index contributed by atoms with van der Waals surface area (Å²) in [5.74, 6) is 0.796. The quantitative estimate of drug-likeness (QED) is 0.680. The van der Waals surface area contributed by atoms with E-state index in [2.05, 4.69) is 10.1 Å². The summed E-state index contributed by atoms with van der Waals surface area (Å²) >= 11 is 1.33. The summed E-state index contributed by atoms with van der Waals surface area (Å²) in [5.41, 5.74) is 0.844. The van der Waals surface area contributed by atoms with Crippen LogP contribution in [0, 0.1) is 6.92 Å². The van der Waals surface area contributed by atoms with E-state index in [4.69, 9.17) is 9.26 Å². The van der Waals surface area contributed by atoms with Gasteiger partial charge in [0.25, 0.3) is 5.89 Å². The lowest BCUT2D eigenvalue weighted by atomic mass is 10.2. The van der Waals surface area contributed by atoms with Gasteiger partial charge in [-0.25, -0.2) is 8.42 Å². The van der Waals surface area contributed by atoms with Gasteiger partial charge < -0.3 is 9.26 Å². The van der Waals surface area contributed by atoms with Gasteiger partial charge in [-0.3, -0.25) is 0 Å². The molecule has 1 fully saturated rings. The van der Waals surface area contributed by atoms with Crippen LogP contribution in [0.15, 0.2) is 45.8 Å². The Bertz CT molecular complexity index is 1010. The highest BCUT2D eigenvalue weighted by molar-refractivity contribution is 7.89. The topological polar surface area (TPSA) is 85.5 Å². The molecule has 3 heterocycles. The summed E-state index contributed by atoms with van der Waals surface area (Å²) in [6, 6.07) is 11.1. The largest absolute Gasteiger partial charge is 0.379 e. The van der Waals surface area contributed by atoms with Gasteiger partial charge in [-0.1, -0.05) is 35.5 Å². The second-order valence-electron chi connectivity index (χ2n) is 5.84. The lowest BCUT2D eigenvalue weighted by Gasteiger charge is -2.25. The molecule has 0 unspecified atom stereocenters. The second kappa shape index (κ2) is 6.92. The van der Waals surface area contributed by atoms with Crippen LogP contribution in [0.2, 0.25) is 0 Å². The summed E-state index contributed by atoms with van der Waals surface area (Å²) in [6.07, 6.45) is 0. The number of morpholine rings is 1. The number of hydrogen-bond donors (Lipinski definition) is 0. The number of aryl methyl sites for hydroxylation is 1. The highest BCUT2D eigenvalue weighted by Gasteiger charge is 2.30. The Labute approximate surface area is 155 Å². The van der Waals surface area contributed by atoms with Crippen molar-refractivity contribution < 1.29 is 17.7 Å². The SMILES string of the molecule is Cc1sc(-c2nc(-c3ccccc3)no2)cc1S(=O)(=O)N1CCOCC1. The molecule has 7 nitrogen and oxygen atoms in total. The molecule has 1 aliphatic heterocycles. The fourth-order valence-corrected chi connectivity index (χ4v) is 5.67. The van der Waals surface area contributed by atoms with Gasteiger partial charge in [0.05, 0.1) is 23.0 Å². The maximum Gasteiger partial charge on any atom is 0.268 e. The standard InChI is InChI=1S/C17H17N3O4S2/c1-12-15(26(21,22)20-7-9-23-10-8-20)11-14(25-12)17-18-16(19-24-17)13-5-3-2-4-6-13/h2-6,11H,7-10H2,1H3. The van der Waals surface area contributed by atoms with Crippen LogP contribution in [0.4, 0.5) is 0 Å². The summed E-state index contributed by atoms with van der Waals surface area (Å²) < 4.78 is 37.8. The van der Waals surface area contributed by atoms with Gasteiger partial charge in [0, 0.05) is 23.5 Å². The van der Waals surface area contributed by atoms with Crippen molar-refractivity contribution in [2.45, 2.75) is 11.8 Å². The van der Waals surface area contributed by atoms with Crippen molar-refractivity contribution in [1.29, 1.82) is 0 Å². The Balaban J connectivity index is 1.66. The van der Waals surface area contributed by atoms with Gasteiger partial charge in [0.15, 0.2) is 0 Å². The zero-order chi connectivity index (χ0) is 18.1. The van der Waals surface area contributed by atoms with Crippen LogP contribution in [-0.4, -0.2) is 49.2 Å². The maximum absolute atomic E-state index is 12.9. The molecule has 3 aromatic rings. The van der Waals surface area contributed by atoms with Crippen molar-refractivity contribution in [3.63, 3.8) is 0 Å². The Morgan fingerprint density at radius 3 is 2.62 bits per heavy atom. The number of ether oxygens (including phenoxy) is 1. The molecule has 0 amide bonds. The third kappa shape index (κ3) is 3.18. The molecule has 0 aliphatic carbocycles. The van der Waals surface area contributed by atoms with Gasteiger partial charge in [0.2, 0.25) is 15.8 Å². The van der Waals surface area contributed by atoms with E-state index < -0.39 is 10.0 Å². The molecular formula is C17H17N3O4S2. The number of rotatable bonds is 4. The minimum absolute atomic E-state index is 0.291. The van der Waals surface area contributed by atoms with E-state index in [-0.39, 0.29) is 0 Å². The van der Waals surface area contributed by atoms with E-state index in [1.807, 2.05) is 30.3 Å². The van der Waals surface area contributed by atoms with Crippen LogP contribution < -0.4 is 0 Å². The average Bonchev–Trinajstić information content (AvgIpc) is 3.30. The first-order chi connectivity index (χ1) is 12.6. The van der Waals surface area contributed by atoms with Crippen molar-refractivity contribution >= 4 is 21.4 Å². The minimum atomic E-state index is -3.55. The molecule has 0 spiro atoms. The fraction of sp³-hybridized carbons (Fsp3) is 0.294. The van der Waals surface area contributed by atoms with E-state index in [0.29, 0.717) is 52.7 Å². The molecule has 4 rings (SSSR count). The highest BCUT2D eigenvalue weighted by Crippen LogP contribution is 2.35. The van der Waals surface area contributed by atoms with Crippen LogP contribution in [0.25, 0.3) is 22.2 Å². The molecule has 0 radical (unpaired) electrons. The van der Waals surface area contributed by atoms with Crippen LogP contribution >= 0.6 is 11.3 Å². The summed E-state index contributed by atoms with van der Waals surface area (Å²) in [6.45, 7) is 3.35. The lowest BCUT2D eigenvalue weighted by molar-refractivity contribution is 0.0730. The third-order valence-corrected chi connectivity index (χ3v) is 7.32. The Morgan fingerprint density at radius 2 is 1.88 bits per heavy atom. The van der Waals surface area contributed by atoms with E-state index in [1.165, 1.54) is 15.6 Å². The van der Waals surface area contributed by atoms with E-state index in [1.54, 1.807) is 13.0 Å². The molecule has 136 valence electrons. The van der Waals surface area contributed by atoms with Crippen molar-refractivity contribution in [3.05, 3.63) is 41.3 Å². The van der Waals surface area contributed by atoms with Crippen molar-refractivity contribution in [2.75, 3.05) is 26.3 Å². The molecule has 0 saturated carbocycles. The van der Waals surface area contributed by atoms with Crippen LogP contribution in [0.1, 0.15) is 4.88 Å². The highest BCUT2D eigenvalue weighted by atomic mass is 32.2. The number of aromatic nitrogens is 2. The zero-order valence-electron chi connectivity index (χ0n) is 14.1. The molecule has 1 aliphatic rings. The van der Waals surface area contributed by atoms with Crippen LogP contribution in [0.5, 0.6) is 0 Å². The predicted molar refractivity (Wildman–Crippen MR) is 97.4 cm³/mol. The fourth-order valence-electron chi connectivity index (χ4n) is 2.78. The molecule has 0 N–H and O–H groups in total. The molecule has 1 saturated heterocycles. The summed E-state index contributed by atoms with van der Waals surface area (Å²) in [4.78, 5) is 6.04. The zero-order valence-corrected chi connectivity index (χ0v) is 15.7. The molecule has 26 heavy (non-hydrogen) atoms. The van der Waals surface area contributed by atoms with Gasteiger partial charge in [-0.15, -0.1) is 11.3 Å². The number of benzene rings is 1. The van der Waals surface area contributed by atoms with Crippen molar-refractivity contribution in [2.24, 2.45) is 0 Å². The normalized spacial score (nSPS) is 16.0. The molecule has 9 heteroatoms. The lowest BCUT2D eigenvalue weighted by Crippen LogP contribution is -2.40. The first-order valence-electron chi connectivity index (χ1n) is 8.13. The van der Waals surface area contributed by atoms with Crippen molar-refractivity contribution in [1.82, 2.24) is 14.4 Å². The molecule has 0 atom stereocenters. The molecule has 2 aromatic heterocycles. The van der Waals surface area contributed by atoms with Gasteiger partial charge in [0.1, 0.15) is 0 Å². The Hall–Kier alpha value is -2.07. The van der Waals surface area contributed by atoms with Gasteiger partial charge in [-0.05, 0) is 13.0 Å². The van der Waals surface area contributed by atoms with E-state index in [9.17, 15) is 8.42 Å². The number of thiophene rings is 1. The van der Waals surface area contributed by atoms with Crippen LogP contribution in [0.3, 0.4) is 0 Å². The Kier molecular flexibility index (Phi) is 4.62. The minimum Gasteiger partial charge on any atom is -0.379 e. The number of sulfonamides is 1.